The van der Waals surface area contributed by atoms with Gasteiger partial charge < -0.3 is 20.1 Å². The molecule has 5 nitrogen and oxygen atoms in total. The van der Waals surface area contributed by atoms with Crippen LogP contribution in [0, 0.1) is 0 Å². The van der Waals surface area contributed by atoms with Gasteiger partial charge in [0.05, 0.1) is 7.11 Å². The number of likely N-dealkylation sites (tertiary alicyclic amines) is 1. The zero-order valence-corrected chi connectivity index (χ0v) is 12.8. The second kappa shape index (κ2) is 7.31. The van der Waals surface area contributed by atoms with Crippen molar-refractivity contribution in [1.29, 1.82) is 0 Å². The monoisotopic (exact) mass is 292 g/mol. The minimum atomic E-state index is -0.494. The molecule has 1 aromatic rings. The van der Waals surface area contributed by atoms with Crippen molar-refractivity contribution in [2.75, 3.05) is 26.7 Å². The molecule has 0 saturated carbocycles. The van der Waals surface area contributed by atoms with Gasteiger partial charge in [0.25, 0.3) is 5.91 Å². The Bertz CT molecular complexity index is 484. The topological polar surface area (TPSA) is 64.8 Å². The average molecular weight is 292 g/mol. The van der Waals surface area contributed by atoms with E-state index in [0.29, 0.717) is 24.5 Å². The highest BCUT2D eigenvalue weighted by Crippen LogP contribution is 2.26. The molecule has 0 aromatic heterocycles. The highest BCUT2D eigenvalue weighted by Gasteiger charge is 2.25. The fourth-order valence-corrected chi connectivity index (χ4v) is 2.57. The van der Waals surface area contributed by atoms with Crippen LogP contribution in [0.5, 0.6) is 11.5 Å². The first-order valence-corrected chi connectivity index (χ1v) is 7.48. The van der Waals surface area contributed by atoms with Crippen LogP contribution >= 0.6 is 0 Å². The molecule has 5 heteroatoms. The van der Waals surface area contributed by atoms with E-state index in [9.17, 15) is 4.79 Å². The Morgan fingerprint density at radius 3 is 2.71 bits per heavy atom. The van der Waals surface area contributed by atoms with Gasteiger partial charge in [0, 0.05) is 19.2 Å². The number of carbonyl (C=O) groups excluding carboxylic acids is 1. The van der Waals surface area contributed by atoms with Gasteiger partial charge in [-0.15, -0.1) is 0 Å². The number of hydrogen-bond acceptors (Lipinski definition) is 4. The molecule has 1 aliphatic rings. The van der Waals surface area contributed by atoms with Crippen LogP contribution in [0.4, 0.5) is 0 Å². The van der Waals surface area contributed by atoms with Crippen molar-refractivity contribution >= 4 is 5.91 Å². The van der Waals surface area contributed by atoms with Crippen LogP contribution in [0.1, 0.15) is 25.3 Å². The van der Waals surface area contributed by atoms with Crippen molar-refractivity contribution < 1.29 is 14.3 Å². The summed E-state index contributed by atoms with van der Waals surface area (Å²) in [6, 6.07) is 5.64. The van der Waals surface area contributed by atoms with E-state index in [-0.39, 0.29) is 5.91 Å². The fourth-order valence-electron chi connectivity index (χ4n) is 2.57. The first-order valence-electron chi connectivity index (χ1n) is 7.48. The van der Waals surface area contributed by atoms with E-state index in [1.807, 2.05) is 23.1 Å². The molecule has 1 atom stereocenters. The smallest absolute Gasteiger partial charge is 0.263 e. The number of carbonyl (C=O) groups is 1. The molecule has 1 aromatic carbocycles. The zero-order chi connectivity index (χ0) is 15.2. The Morgan fingerprint density at radius 1 is 1.38 bits per heavy atom. The van der Waals surface area contributed by atoms with Gasteiger partial charge in [0.15, 0.2) is 6.10 Å². The number of hydrogen-bond donors (Lipinski definition) is 1. The molecule has 0 bridgehead atoms. The van der Waals surface area contributed by atoms with Gasteiger partial charge >= 0.3 is 0 Å². The number of amides is 1. The molecule has 1 unspecified atom stereocenters. The maximum Gasteiger partial charge on any atom is 0.263 e. The summed E-state index contributed by atoms with van der Waals surface area (Å²) in [7, 11) is 1.61. The predicted molar refractivity (Wildman–Crippen MR) is 81.7 cm³/mol. The molecule has 2 N–H and O–H groups in total. The summed E-state index contributed by atoms with van der Waals surface area (Å²) in [5.74, 6) is 1.44. The van der Waals surface area contributed by atoms with Gasteiger partial charge in [-0.05, 0) is 44.4 Å². The second-order valence-electron chi connectivity index (χ2n) is 5.30. The van der Waals surface area contributed by atoms with Gasteiger partial charge in [-0.2, -0.15) is 0 Å². The Morgan fingerprint density at radius 2 is 2.10 bits per heavy atom. The van der Waals surface area contributed by atoms with E-state index < -0.39 is 6.10 Å². The van der Waals surface area contributed by atoms with E-state index in [0.717, 1.165) is 31.5 Å². The van der Waals surface area contributed by atoms with Gasteiger partial charge in [0.2, 0.25) is 0 Å². The van der Waals surface area contributed by atoms with E-state index >= 15 is 0 Å². The number of benzene rings is 1. The largest absolute Gasteiger partial charge is 0.497 e. The lowest BCUT2D eigenvalue weighted by molar-refractivity contribution is -0.136. The average Bonchev–Trinajstić information content (AvgIpc) is 3.02. The van der Waals surface area contributed by atoms with Gasteiger partial charge in [-0.25, -0.2) is 0 Å². The minimum absolute atomic E-state index is 0.0500. The lowest BCUT2D eigenvalue weighted by Crippen LogP contribution is -2.38. The van der Waals surface area contributed by atoms with E-state index in [1.165, 1.54) is 0 Å². The van der Waals surface area contributed by atoms with Crippen LogP contribution in [0.25, 0.3) is 0 Å². The molecule has 116 valence electrons. The molecule has 1 aliphatic heterocycles. The number of ether oxygens (including phenoxy) is 2. The Hall–Kier alpha value is -1.75. The van der Waals surface area contributed by atoms with Crippen molar-refractivity contribution in [3.05, 3.63) is 23.8 Å². The third-order valence-corrected chi connectivity index (χ3v) is 3.76. The second-order valence-corrected chi connectivity index (χ2v) is 5.30. The van der Waals surface area contributed by atoms with Crippen LogP contribution in [0.3, 0.4) is 0 Å². The van der Waals surface area contributed by atoms with Crippen LogP contribution < -0.4 is 15.2 Å². The van der Waals surface area contributed by atoms with Crippen molar-refractivity contribution in [1.82, 2.24) is 4.90 Å². The minimum Gasteiger partial charge on any atom is -0.497 e. The molecule has 0 spiro atoms. The summed E-state index contributed by atoms with van der Waals surface area (Å²) in [4.78, 5) is 14.2. The number of nitrogens with two attached hydrogens (primary N) is 1. The highest BCUT2D eigenvalue weighted by atomic mass is 16.5. The summed E-state index contributed by atoms with van der Waals surface area (Å²) in [5, 5.41) is 0. The van der Waals surface area contributed by atoms with Crippen molar-refractivity contribution in [2.45, 2.75) is 32.3 Å². The maximum absolute atomic E-state index is 12.3. The molecule has 0 radical (unpaired) electrons. The number of rotatable bonds is 6. The fraction of sp³-hybridized carbons (Fsp3) is 0.562. The molecule has 1 fully saturated rings. The Kier molecular flexibility index (Phi) is 5.44. The van der Waals surface area contributed by atoms with E-state index in [4.69, 9.17) is 15.2 Å². The summed E-state index contributed by atoms with van der Waals surface area (Å²) in [5.41, 5.74) is 6.63. The predicted octanol–water partition coefficient (Wildman–Crippen LogP) is 1.59. The van der Waals surface area contributed by atoms with Gasteiger partial charge in [-0.1, -0.05) is 6.07 Å². The molecular formula is C16H24N2O3. The standard InChI is InChI=1S/C16H24N2O3/c1-12(16(19)18-9-3-4-10-18)21-15-11-14(20-2)6-5-13(15)7-8-17/h5-6,11-12H,3-4,7-10,17H2,1-2H3. The normalized spacial score (nSPS) is 15.9. The highest BCUT2D eigenvalue weighted by molar-refractivity contribution is 5.81. The van der Waals surface area contributed by atoms with Crippen molar-refractivity contribution in [2.24, 2.45) is 5.73 Å². The molecule has 1 saturated heterocycles. The first kappa shape index (κ1) is 15.6. The van der Waals surface area contributed by atoms with Crippen molar-refractivity contribution in [3.8, 4) is 11.5 Å². The molecule has 1 amide bonds. The quantitative estimate of drug-likeness (QED) is 0.864. The molecule has 1 heterocycles. The lowest BCUT2D eigenvalue weighted by atomic mass is 10.1. The van der Waals surface area contributed by atoms with Gasteiger partial charge in [-0.3, -0.25) is 4.79 Å². The van der Waals surface area contributed by atoms with Crippen LogP contribution in [0.15, 0.2) is 18.2 Å². The summed E-state index contributed by atoms with van der Waals surface area (Å²) < 4.78 is 11.1. The molecule has 0 aliphatic carbocycles. The summed E-state index contributed by atoms with van der Waals surface area (Å²) in [6.07, 6.45) is 2.38. The molecule has 2 rings (SSSR count). The first-order chi connectivity index (χ1) is 10.2. The van der Waals surface area contributed by atoms with E-state index in [1.54, 1.807) is 14.0 Å². The summed E-state index contributed by atoms with van der Waals surface area (Å²) in [6.45, 7) is 4.00. The lowest BCUT2D eigenvalue weighted by Gasteiger charge is -2.22. The van der Waals surface area contributed by atoms with Crippen LogP contribution in [-0.4, -0.2) is 43.7 Å². The Labute approximate surface area is 126 Å². The molecular weight excluding hydrogens is 268 g/mol. The van der Waals surface area contributed by atoms with Crippen LogP contribution in [-0.2, 0) is 11.2 Å². The van der Waals surface area contributed by atoms with E-state index in [2.05, 4.69) is 0 Å². The van der Waals surface area contributed by atoms with Gasteiger partial charge in [0.1, 0.15) is 11.5 Å². The Balaban J connectivity index is 2.10. The van der Waals surface area contributed by atoms with Crippen LogP contribution in [0.2, 0.25) is 0 Å². The third-order valence-electron chi connectivity index (χ3n) is 3.76. The zero-order valence-electron chi connectivity index (χ0n) is 12.8. The number of nitrogens with zero attached hydrogens (tertiary/aromatic N) is 1. The SMILES string of the molecule is COc1ccc(CCN)c(OC(C)C(=O)N2CCCC2)c1. The number of methoxy groups -OCH3 is 1. The van der Waals surface area contributed by atoms with Crippen molar-refractivity contribution in [3.63, 3.8) is 0 Å². The maximum atomic E-state index is 12.3. The molecule has 21 heavy (non-hydrogen) atoms. The third kappa shape index (κ3) is 3.88. The summed E-state index contributed by atoms with van der Waals surface area (Å²) >= 11 is 0.